The van der Waals surface area contributed by atoms with E-state index in [4.69, 9.17) is 5.11 Å². The van der Waals surface area contributed by atoms with Crippen LogP contribution in [0.15, 0.2) is 0 Å². The van der Waals surface area contributed by atoms with Crippen molar-refractivity contribution in [1.29, 1.82) is 0 Å². The molecule has 0 aromatic carbocycles. The van der Waals surface area contributed by atoms with Gasteiger partial charge in [-0.25, -0.2) is 9.78 Å². The third kappa shape index (κ3) is 2.63. The zero-order valence-corrected chi connectivity index (χ0v) is 10.3. The Balaban J connectivity index is 2.09. The molecule has 1 aromatic heterocycles. The van der Waals surface area contributed by atoms with E-state index in [1.54, 1.807) is 0 Å². The van der Waals surface area contributed by atoms with Crippen LogP contribution in [0.3, 0.4) is 0 Å². The Morgan fingerprint density at radius 2 is 2.24 bits per heavy atom. The van der Waals surface area contributed by atoms with Crippen LogP contribution >= 0.6 is 11.3 Å². The number of carbonyl (C=O) groups excluding carboxylic acids is 1. The summed E-state index contributed by atoms with van der Waals surface area (Å²) in [6.45, 7) is 2.17. The van der Waals surface area contributed by atoms with Crippen LogP contribution in [0, 0.1) is 5.92 Å². The number of carboxylic acids is 1. The van der Waals surface area contributed by atoms with E-state index < -0.39 is 5.97 Å². The third-order valence-electron chi connectivity index (χ3n) is 2.92. The first kappa shape index (κ1) is 12.0. The number of hydrogen-bond donors (Lipinski definition) is 2. The number of ketones is 1. The summed E-state index contributed by atoms with van der Waals surface area (Å²) < 4.78 is 0. The molecule has 0 bridgehead atoms. The van der Waals surface area contributed by atoms with Crippen molar-refractivity contribution < 1.29 is 14.7 Å². The smallest absolute Gasteiger partial charge is 0.356 e. The monoisotopic (exact) mass is 254 g/mol. The Morgan fingerprint density at radius 3 is 2.65 bits per heavy atom. The van der Waals surface area contributed by atoms with E-state index >= 15 is 0 Å². The van der Waals surface area contributed by atoms with Crippen molar-refractivity contribution in [3.05, 3.63) is 10.6 Å². The van der Waals surface area contributed by atoms with Crippen molar-refractivity contribution in [3.8, 4) is 0 Å². The number of nitrogens with zero attached hydrogens (tertiary/aromatic N) is 1. The summed E-state index contributed by atoms with van der Waals surface area (Å²) in [7, 11) is 0. The van der Waals surface area contributed by atoms with Crippen LogP contribution < -0.4 is 5.32 Å². The number of Topliss-reactive ketones (excluding diaryl/α,β-unsaturated/α-hetero) is 1. The summed E-state index contributed by atoms with van der Waals surface area (Å²) in [5, 5.41) is 12.6. The van der Waals surface area contributed by atoms with Gasteiger partial charge in [0.05, 0.1) is 0 Å². The molecule has 17 heavy (non-hydrogen) atoms. The van der Waals surface area contributed by atoms with Gasteiger partial charge >= 0.3 is 5.97 Å². The zero-order valence-electron chi connectivity index (χ0n) is 9.52. The summed E-state index contributed by atoms with van der Waals surface area (Å²) in [4.78, 5) is 26.3. The summed E-state index contributed by atoms with van der Waals surface area (Å²) in [6, 6.07) is 0. The fourth-order valence-corrected chi connectivity index (χ4v) is 2.57. The topological polar surface area (TPSA) is 79.3 Å². The van der Waals surface area contributed by atoms with Gasteiger partial charge in [-0.05, 0) is 18.8 Å². The van der Waals surface area contributed by atoms with Crippen LogP contribution in [-0.4, -0.2) is 28.4 Å². The summed E-state index contributed by atoms with van der Waals surface area (Å²) in [5.74, 6) is -0.743. The van der Waals surface area contributed by atoms with Gasteiger partial charge in [-0.2, -0.15) is 0 Å². The van der Waals surface area contributed by atoms with Gasteiger partial charge < -0.3 is 10.4 Å². The van der Waals surface area contributed by atoms with E-state index in [9.17, 15) is 9.59 Å². The predicted octanol–water partition coefficient (Wildman–Crippen LogP) is 2.26. The molecule has 0 atom stereocenters. The SMILES string of the molecule is CC(=O)c1sc(NCC2CCC2)nc1C(=O)O. The highest BCUT2D eigenvalue weighted by molar-refractivity contribution is 7.17. The molecule has 1 heterocycles. The molecule has 0 spiro atoms. The van der Waals surface area contributed by atoms with Gasteiger partial charge in [0, 0.05) is 13.5 Å². The molecule has 0 unspecified atom stereocenters. The lowest BCUT2D eigenvalue weighted by Gasteiger charge is -2.25. The van der Waals surface area contributed by atoms with Crippen molar-refractivity contribution in [1.82, 2.24) is 4.98 Å². The van der Waals surface area contributed by atoms with Crippen molar-refractivity contribution in [3.63, 3.8) is 0 Å². The standard InChI is InChI=1S/C11H14N2O3S/c1-6(14)9-8(10(15)16)13-11(17-9)12-5-7-3-2-4-7/h7H,2-5H2,1H3,(H,12,13)(H,15,16). The van der Waals surface area contributed by atoms with E-state index in [0.29, 0.717) is 11.0 Å². The molecule has 1 aliphatic carbocycles. The molecule has 0 radical (unpaired) electrons. The number of aromatic carboxylic acids is 1. The van der Waals surface area contributed by atoms with Gasteiger partial charge in [0.1, 0.15) is 4.88 Å². The minimum Gasteiger partial charge on any atom is -0.476 e. The molecule has 0 saturated heterocycles. The van der Waals surface area contributed by atoms with Crippen LogP contribution in [0.1, 0.15) is 46.3 Å². The number of thiazole rings is 1. The lowest BCUT2D eigenvalue weighted by molar-refractivity contribution is 0.0687. The highest BCUT2D eigenvalue weighted by Crippen LogP contribution is 2.28. The minimum absolute atomic E-state index is 0.140. The fraction of sp³-hybridized carbons (Fsp3) is 0.545. The fourth-order valence-electron chi connectivity index (χ4n) is 1.71. The van der Waals surface area contributed by atoms with Crippen LogP contribution in [0.4, 0.5) is 5.13 Å². The maximum Gasteiger partial charge on any atom is 0.356 e. The number of anilines is 1. The van der Waals surface area contributed by atoms with Crippen LogP contribution in [0.5, 0.6) is 0 Å². The molecule has 1 saturated carbocycles. The van der Waals surface area contributed by atoms with Crippen molar-refractivity contribution in [2.75, 3.05) is 11.9 Å². The van der Waals surface area contributed by atoms with E-state index in [0.717, 1.165) is 17.9 Å². The van der Waals surface area contributed by atoms with Gasteiger partial charge in [0.25, 0.3) is 0 Å². The molecule has 1 aromatic rings. The Morgan fingerprint density at radius 1 is 1.53 bits per heavy atom. The largest absolute Gasteiger partial charge is 0.476 e. The zero-order chi connectivity index (χ0) is 12.4. The van der Waals surface area contributed by atoms with Gasteiger partial charge in [0.2, 0.25) is 0 Å². The highest BCUT2D eigenvalue weighted by atomic mass is 32.1. The van der Waals surface area contributed by atoms with E-state index in [1.807, 2.05) is 0 Å². The van der Waals surface area contributed by atoms with Gasteiger partial charge in [0.15, 0.2) is 16.6 Å². The van der Waals surface area contributed by atoms with E-state index in [2.05, 4.69) is 10.3 Å². The maximum atomic E-state index is 11.3. The van der Waals surface area contributed by atoms with Gasteiger partial charge in [-0.15, -0.1) is 0 Å². The molecule has 0 aliphatic heterocycles. The Labute approximate surface area is 103 Å². The second-order valence-electron chi connectivity index (χ2n) is 4.24. The predicted molar refractivity (Wildman–Crippen MR) is 64.9 cm³/mol. The number of carboxylic acid groups (broad SMARTS) is 1. The molecule has 1 fully saturated rings. The molecular weight excluding hydrogens is 240 g/mol. The maximum absolute atomic E-state index is 11.3. The van der Waals surface area contributed by atoms with Crippen LogP contribution in [0.2, 0.25) is 0 Å². The van der Waals surface area contributed by atoms with Crippen molar-refractivity contribution in [2.24, 2.45) is 5.92 Å². The second kappa shape index (κ2) is 4.83. The van der Waals surface area contributed by atoms with Crippen molar-refractivity contribution in [2.45, 2.75) is 26.2 Å². The van der Waals surface area contributed by atoms with Crippen LogP contribution in [-0.2, 0) is 0 Å². The van der Waals surface area contributed by atoms with Crippen LogP contribution in [0.25, 0.3) is 0 Å². The molecule has 2 N–H and O–H groups in total. The average molecular weight is 254 g/mol. The molecule has 6 heteroatoms. The Bertz CT molecular complexity index is 420. The molecule has 0 amide bonds. The van der Waals surface area contributed by atoms with Crippen molar-refractivity contribution >= 4 is 28.2 Å². The molecular formula is C11H14N2O3S. The van der Waals surface area contributed by atoms with Gasteiger partial charge in [-0.3, -0.25) is 4.79 Å². The quantitative estimate of drug-likeness (QED) is 0.788. The molecule has 92 valence electrons. The normalized spacial score (nSPS) is 15.4. The summed E-state index contributed by atoms with van der Waals surface area (Å²) >= 11 is 1.12. The average Bonchev–Trinajstić information content (AvgIpc) is 2.59. The number of hydrogen-bond acceptors (Lipinski definition) is 5. The molecule has 5 nitrogen and oxygen atoms in total. The number of rotatable bonds is 5. The first-order valence-electron chi connectivity index (χ1n) is 5.57. The molecule has 2 rings (SSSR count). The number of carbonyl (C=O) groups is 2. The lowest BCUT2D eigenvalue weighted by Crippen LogP contribution is -2.20. The summed E-state index contributed by atoms with van der Waals surface area (Å²) in [6.07, 6.45) is 3.69. The van der Waals surface area contributed by atoms with E-state index in [-0.39, 0.29) is 16.4 Å². The number of nitrogens with one attached hydrogen (secondary N) is 1. The summed E-state index contributed by atoms with van der Waals surface area (Å²) in [5.41, 5.74) is -0.140. The van der Waals surface area contributed by atoms with Gasteiger partial charge in [-0.1, -0.05) is 17.8 Å². The highest BCUT2D eigenvalue weighted by Gasteiger charge is 2.22. The Hall–Kier alpha value is -1.43. The first-order valence-corrected chi connectivity index (χ1v) is 6.38. The number of aromatic nitrogens is 1. The first-order chi connectivity index (χ1) is 8.08. The van der Waals surface area contributed by atoms with E-state index in [1.165, 1.54) is 26.2 Å². The molecule has 1 aliphatic rings. The Kier molecular flexibility index (Phi) is 3.42. The second-order valence-corrected chi connectivity index (χ2v) is 5.23. The lowest BCUT2D eigenvalue weighted by atomic mass is 9.86. The minimum atomic E-state index is -1.15. The third-order valence-corrected chi connectivity index (χ3v) is 4.03.